The van der Waals surface area contributed by atoms with Crippen molar-refractivity contribution in [2.24, 2.45) is 7.05 Å². The van der Waals surface area contributed by atoms with Gasteiger partial charge in [-0.25, -0.2) is 4.79 Å². The number of ether oxygens (including phenoxy) is 1. The number of benzene rings is 1. The summed E-state index contributed by atoms with van der Waals surface area (Å²) < 4.78 is 11.6. The highest BCUT2D eigenvalue weighted by Gasteiger charge is 2.25. The van der Waals surface area contributed by atoms with E-state index < -0.39 is 17.4 Å². The largest absolute Gasteiger partial charge is 0.488 e. The topological polar surface area (TPSA) is 109 Å². The molecular formula is C22H27Br3N6O4. The minimum Gasteiger partial charge on any atom is -0.488 e. The van der Waals surface area contributed by atoms with E-state index in [0.29, 0.717) is 49.0 Å². The van der Waals surface area contributed by atoms with E-state index in [4.69, 9.17) is 4.74 Å². The van der Waals surface area contributed by atoms with Crippen molar-refractivity contribution in [3.8, 4) is 5.75 Å². The number of aliphatic hydroxyl groups is 1. The van der Waals surface area contributed by atoms with Gasteiger partial charge < -0.3 is 19.3 Å². The van der Waals surface area contributed by atoms with Crippen LogP contribution in [0.2, 0.25) is 0 Å². The number of β-amino-alcohol motifs (C(OH)–C–C–N with tert-alkyl or cyclic N) is 1. The quantitative estimate of drug-likeness (QED) is 0.377. The first kappa shape index (κ1) is 26.4. The second-order valence-corrected chi connectivity index (χ2v) is 11.1. The van der Waals surface area contributed by atoms with E-state index >= 15 is 0 Å². The Kier molecular flexibility index (Phi) is 8.41. The first-order valence-corrected chi connectivity index (χ1v) is 13.7. The second kappa shape index (κ2) is 11.2. The van der Waals surface area contributed by atoms with Gasteiger partial charge in [-0.05, 0) is 50.4 Å². The molecule has 3 heterocycles. The van der Waals surface area contributed by atoms with Crippen LogP contribution >= 0.6 is 47.8 Å². The third-order valence-electron chi connectivity index (χ3n) is 5.94. The lowest BCUT2D eigenvalue weighted by molar-refractivity contribution is 0.0656. The van der Waals surface area contributed by atoms with Crippen LogP contribution in [-0.2, 0) is 13.6 Å². The Labute approximate surface area is 227 Å². The van der Waals surface area contributed by atoms with Gasteiger partial charge in [0.25, 0.3) is 5.56 Å². The number of imidazole rings is 1. The van der Waals surface area contributed by atoms with Gasteiger partial charge >= 0.3 is 5.69 Å². The summed E-state index contributed by atoms with van der Waals surface area (Å²) in [6.45, 7) is 6.16. The van der Waals surface area contributed by atoms with Crippen molar-refractivity contribution in [3.63, 3.8) is 0 Å². The molecule has 1 aliphatic heterocycles. The number of aliphatic hydroxyl groups excluding tert-OH is 1. The van der Waals surface area contributed by atoms with E-state index in [1.165, 1.54) is 4.57 Å². The van der Waals surface area contributed by atoms with Crippen molar-refractivity contribution in [2.45, 2.75) is 26.0 Å². The van der Waals surface area contributed by atoms with Crippen molar-refractivity contribution in [2.75, 3.05) is 44.2 Å². The molecule has 0 radical (unpaired) electrons. The fraction of sp³-hybridized carbons (Fsp3) is 0.500. The van der Waals surface area contributed by atoms with E-state index in [2.05, 4.69) is 67.6 Å². The molecule has 0 saturated carbocycles. The number of aromatic nitrogens is 4. The molecule has 35 heavy (non-hydrogen) atoms. The van der Waals surface area contributed by atoms with Crippen molar-refractivity contribution >= 4 is 64.9 Å². The first-order valence-electron chi connectivity index (χ1n) is 11.3. The minimum atomic E-state index is -0.651. The SMILES string of the molecule is CCCn1c(N2CCN(C[C@@H](O)COc3c(Br)cc(Br)cc3Br)CC2)nc2c1c(=O)[nH]c(=O)n2C. The maximum absolute atomic E-state index is 12.5. The number of hydrogen-bond donors (Lipinski definition) is 2. The molecule has 190 valence electrons. The summed E-state index contributed by atoms with van der Waals surface area (Å²) in [6, 6.07) is 3.78. The van der Waals surface area contributed by atoms with Gasteiger partial charge in [-0.15, -0.1) is 0 Å². The molecule has 4 rings (SSSR count). The first-order chi connectivity index (χ1) is 16.7. The van der Waals surface area contributed by atoms with Gasteiger partial charge in [0.05, 0.1) is 8.95 Å². The van der Waals surface area contributed by atoms with E-state index in [9.17, 15) is 14.7 Å². The predicted octanol–water partition coefficient (Wildman–Crippen LogP) is 2.68. The van der Waals surface area contributed by atoms with Crippen LogP contribution in [0.5, 0.6) is 5.75 Å². The molecule has 0 amide bonds. The molecule has 0 spiro atoms. The van der Waals surface area contributed by atoms with E-state index in [0.717, 1.165) is 32.9 Å². The number of rotatable bonds is 8. The van der Waals surface area contributed by atoms with Crippen molar-refractivity contribution in [1.29, 1.82) is 0 Å². The van der Waals surface area contributed by atoms with Crippen LogP contribution < -0.4 is 20.9 Å². The standard InChI is InChI=1S/C22H27Br3N6O4/c1-3-4-31-17-19(28(2)22(34)27-20(17)33)26-21(31)30-7-5-29(6-8-30)11-14(32)12-35-18-15(24)9-13(23)10-16(18)25/h9-10,14,32H,3-8,11-12H2,1-2H3,(H,27,33,34)/t14-/m1/s1. The van der Waals surface area contributed by atoms with E-state index in [-0.39, 0.29) is 6.61 Å². The number of anilines is 1. The molecule has 10 nitrogen and oxygen atoms in total. The molecule has 2 N–H and O–H groups in total. The summed E-state index contributed by atoms with van der Waals surface area (Å²) in [5.74, 6) is 1.35. The molecule has 2 aromatic heterocycles. The van der Waals surface area contributed by atoms with Crippen LogP contribution in [0.4, 0.5) is 5.95 Å². The highest BCUT2D eigenvalue weighted by Crippen LogP contribution is 2.36. The van der Waals surface area contributed by atoms with E-state index in [1.54, 1.807) is 7.05 Å². The van der Waals surface area contributed by atoms with Crippen LogP contribution in [0.1, 0.15) is 13.3 Å². The smallest absolute Gasteiger partial charge is 0.329 e. The van der Waals surface area contributed by atoms with Gasteiger partial charge in [-0.2, -0.15) is 4.98 Å². The van der Waals surface area contributed by atoms with Gasteiger partial charge in [0.2, 0.25) is 5.95 Å². The zero-order valence-corrected chi connectivity index (χ0v) is 24.2. The molecule has 0 unspecified atom stereocenters. The molecule has 13 heteroatoms. The molecule has 1 fully saturated rings. The normalized spacial score (nSPS) is 15.7. The summed E-state index contributed by atoms with van der Waals surface area (Å²) in [5, 5.41) is 10.6. The average molecular weight is 679 g/mol. The molecule has 1 aromatic carbocycles. The number of piperazine rings is 1. The Morgan fingerprint density at radius 2 is 1.80 bits per heavy atom. The van der Waals surface area contributed by atoms with Crippen LogP contribution in [-0.4, -0.2) is 74.5 Å². The van der Waals surface area contributed by atoms with Gasteiger partial charge in [-0.3, -0.25) is 19.2 Å². The zero-order valence-electron chi connectivity index (χ0n) is 19.4. The number of nitrogens with one attached hydrogen (secondary N) is 1. The molecular weight excluding hydrogens is 652 g/mol. The van der Waals surface area contributed by atoms with Crippen LogP contribution in [0, 0.1) is 0 Å². The fourth-order valence-electron chi connectivity index (χ4n) is 4.23. The Hall–Kier alpha value is -1.67. The van der Waals surface area contributed by atoms with Crippen LogP contribution in [0.15, 0.2) is 35.1 Å². The Morgan fingerprint density at radius 3 is 2.43 bits per heavy atom. The Morgan fingerprint density at radius 1 is 1.14 bits per heavy atom. The maximum atomic E-state index is 12.5. The zero-order chi connectivity index (χ0) is 25.3. The Bertz CT molecular complexity index is 1310. The van der Waals surface area contributed by atoms with Gasteiger partial charge in [-0.1, -0.05) is 22.9 Å². The Balaban J connectivity index is 1.40. The minimum absolute atomic E-state index is 0.169. The van der Waals surface area contributed by atoms with Crippen molar-refractivity contribution in [1.82, 2.24) is 24.0 Å². The van der Waals surface area contributed by atoms with Gasteiger partial charge in [0.1, 0.15) is 18.5 Å². The fourth-order valence-corrected chi connectivity index (χ4v) is 6.72. The monoisotopic (exact) mass is 676 g/mol. The van der Waals surface area contributed by atoms with Gasteiger partial charge in [0, 0.05) is 50.8 Å². The van der Waals surface area contributed by atoms with Crippen LogP contribution in [0.25, 0.3) is 11.2 Å². The number of nitrogens with zero attached hydrogens (tertiary/aromatic N) is 5. The maximum Gasteiger partial charge on any atom is 0.329 e. The third kappa shape index (κ3) is 5.68. The lowest BCUT2D eigenvalue weighted by Gasteiger charge is -2.36. The number of fused-ring (bicyclic) bond motifs is 1. The highest BCUT2D eigenvalue weighted by atomic mass is 79.9. The number of aryl methyl sites for hydroxylation is 2. The molecule has 0 aliphatic carbocycles. The van der Waals surface area contributed by atoms with E-state index in [1.807, 2.05) is 23.6 Å². The number of hydrogen-bond acceptors (Lipinski definition) is 7. The molecule has 1 atom stereocenters. The number of H-pyrrole nitrogens is 1. The van der Waals surface area contributed by atoms with Crippen molar-refractivity contribution < 1.29 is 9.84 Å². The summed E-state index contributed by atoms with van der Waals surface area (Å²) in [6.07, 6.45) is 0.180. The highest BCUT2D eigenvalue weighted by molar-refractivity contribution is 9.11. The summed E-state index contributed by atoms with van der Waals surface area (Å²) in [4.78, 5) is 36.0. The number of aromatic amines is 1. The molecule has 1 aliphatic rings. The second-order valence-electron chi connectivity index (χ2n) is 8.50. The molecule has 0 bridgehead atoms. The summed E-state index contributed by atoms with van der Waals surface area (Å²) in [7, 11) is 1.61. The van der Waals surface area contributed by atoms with Crippen molar-refractivity contribution in [3.05, 3.63) is 46.4 Å². The molecule has 3 aromatic rings. The lowest BCUT2D eigenvalue weighted by Crippen LogP contribution is -2.50. The third-order valence-corrected chi connectivity index (χ3v) is 7.58. The summed E-state index contributed by atoms with van der Waals surface area (Å²) in [5.41, 5.74) is -0.0776. The number of halogens is 3. The lowest BCUT2D eigenvalue weighted by atomic mass is 10.2. The van der Waals surface area contributed by atoms with Crippen LogP contribution in [0.3, 0.4) is 0 Å². The summed E-state index contributed by atoms with van der Waals surface area (Å²) >= 11 is 10.4. The predicted molar refractivity (Wildman–Crippen MR) is 146 cm³/mol. The molecule has 1 saturated heterocycles. The van der Waals surface area contributed by atoms with Gasteiger partial charge in [0.15, 0.2) is 11.2 Å². The average Bonchev–Trinajstić information content (AvgIpc) is 3.17.